The molecule has 2 atom stereocenters. The van der Waals surface area contributed by atoms with Crippen LogP contribution in [0.4, 0.5) is 0 Å². The van der Waals surface area contributed by atoms with Crippen molar-refractivity contribution >= 4 is 11.0 Å². The molecule has 0 unspecified atom stereocenters. The number of ether oxygens (including phenoxy) is 2. The molecule has 0 radical (unpaired) electrons. The summed E-state index contributed by atoms with van der Waals surface area (Å²) >= 11 is 0. The van der Waals surface area contributed by atoms with Crippen LogP contribution in [-0.4, -0.2) is 40.2 Å². The SMILES string of the molecule is C[C@@H]1CN(Cc2ccc(Oc3ccc4nc[nH]c4c3)cc2)C[C@H](C)O1. The molecular weight excluding hydrogens is 314 g/mol. The van der Waals surface area contributed by atoms with Crippen LogP contribution in [-0.2, 0) is 11.3 Å². The molecule has 4 rings (SSSR count). The lowest BCUT2D eigenvalue weighted by atomic mass is 10.1. The van der Waals surface area contributed by atoms with Gasteiger partial charge in [-0.3, -0.25) is 4.90 Å². The second-order valence-electron chi connectivity index (χ2n) is 6.78. The van der Waals surface area contributed by atoms with Gasteiger partial charge in [0.15, 0.2) is 0 Å². The molecule has 5 heteroatoms. The third-order valence-electron chi connectivity index (χ3n) is 4.45. The molecule has 1 aliphatic rings. The van der Waals surface area contributed by atoms with Gasteiger partial charge in [0.1, 0.15) is 11.5 Å². The topological polar surface area (TPSA) is 50.4 Å². The maximum atomic E-state index is 5.95. The highest BCUT2D eigenvalue weighted by Crippen LogP contribution is 2.25. The number of aromatic nitrogens is 2. The zero-order chi connectivity index (χ0) is 17.2. The van der Waals surface area contributed by atoms with Gasteiger partial charge in [-0.15, -0.1) is 0 Å². The van der Waals surface area contributed by atoms with Crippen LogP contribution in [0.3, 0.4) is 0 Å². The molecule has 2 aromatic carbocycles. The number of imidazole rings is 1. The van der Waals surface area contributed by atoms with Crippen molar-refractivity contribution in [3.63, 3.8) is 0 Å². The first-order valence-electron chi connectivity index (χ1n) is 8.73. The lowest BCUT2D eigenvalue weighted by Crippen LogP contribution is -2.44. The predicted octanol–water partition coefficient (Wildman–Crippen LogP) is 3.96. The van der Waals surface area contributed by atoms with Gasteiger partial charge in [-0.2, -0.15) is 0 Å². The van der Waals surface area contributed by atoms with Gasteiger partial charge in [-0.1, -0.05) is 12.1 Å². The first-order valence-corrected chi connectivity index (χ1v) is 8.73. The number of rotatable bonds is 4. The van der Waals surface area contributed by atoms with Gasteiger partial charge in [0, 0.05) is 25.7 Å². The van der Waals surface area contributed by atoms with Crippen molar-refractivity contribution in [2.45, 2.75) is 32.6 Å². The Labute approximate surface area is 147 Å². The number of nitrogens with zero attached hydrogens (tertiary/aromatic N) is 2. The molecule has 0 spiro atoms. The first-order chi connectivity index (χ1) is 12.2. The van der Waals surface area contributed by atoms with Crippen molar-refractivity contribution in [1.82, 2.24) is 14.9 Å². The van der Waals surface area contributed by atoms with E-state index in [1.807, 2.05) is 30.3 Å². The summed E-state index contributed by atoms with van der Waals surface area (Å²) in [6.45, 7) is 7.17. The third kappa shape index (κ3) is 3.83. The number of hydrogen-bond acceptors (Lipinski definition) is 4. The van der Waals surface area contributed by atoms with Crippen molar-refractivity contribution in [2.24, 2.45) is 0 Å². The fourth-order valence-corrected chi connectivity index (χ4v) is 3.45. The minimum atomic E-state index is 0.295. The van der Waals surface area contributed by atoms with Crippen LogP contribution in [0.1, 0.15) is 19.4 Å². The molecule has 0 amide bonds. The average molecular weight is 337 g/mol. The number of morpholine rings is 1. The fourth-order valence-electron chi connectivity index (χ4n) is 3.45. The Morgan fingerprint density at radius 1 is 1.08 bits per heavy atom. The van der Waals surface area contributed by atoms with E-state index in [0.717, 1.165) is 42.2 Å². The van der Waals surface area contributed by atoms with Crippen LogP contribution in [0, 0.1) is 0 Å². The Kier molecular flexibility index (Phi) is 4.42. The number of benzene rings is 2. The molecule has 25 heavy (non-hydrogen) atoms. The standard InChI is InChI=1S/C20H23N3O2/c1-14-10-23(11-15(2)24-14)12-16-3-5-17(6-4-16)25-18-7-8-19-20(9-18)22-13-21-19/h3-9,13-15H,10-12H2,1-2H3,(H,21,22)/t14-,15+. The van der Waals surface area contributed by atoms with Crippen LogP contribution in [0.15, 0.2) is 48.8 Å². The maximum Gasteiger partial charge on any atom is 0.129 e. The minimum Gasteiger partial charge on any atom is -0.457 e. The smallest absolute Gasteiger partial charge is 0.129 e. The molecule has 1 aromatic heterocycles. The van der Waals surface area contributed by atoms with E-state index in [0.29, 0.717) is 12.2 Å². The van der Waals surface area contributed by atoms with Crippen molar-refractivity contribution in [3.05, 3.63) is 54.4 Å². The van der Waals surface area contributed by atoms with Gasteiger partial charge < -0.3 is 14.5 Å². The molecule has 1 aliphatic heterocycles. The molecule has 1 fully saturated rings. The predicted molar refractivity (Wildman–Crippen MR) is 97.9 cm³/mol. The van der Waals surface area contributed by atoms with Crippen LogP contribution < -0.4 is 4.74 Å². The highest BCUT2D eigenvalue weighted by molar-refractivity contribution is 5.76. The molecule has 1 N–H and O–H groups in total. The second-order valence-corrected chi connectivity index (χ2v) is 6.78. The van der Waals surface area contributed by atoms with Gasteiger partial charge in [-0.05, 0) is 43.7 Å². The molecule has 130 valence electrons. The van der Waals surface area contributed by atoms with E-state index in [1.54, 1.807) is 6.33 Å². The van der Waals surface area contributed by atoms with Crippen molar-refractivity contribution in [1.29, 1.82) is 0 Å². The summed E-state index contributed by atoms with van der Waals surface area (Å²) in [6.07, 6.45) is 2.28. The molecule has 0 saturated carbocycles. The van der Waals surface area contributed by atoms with Crippen molar-refractivity contribution < 1.29 is 9.47 Å². The number of H-pyrrole nitrogens is 1. The van der Waals surface area contributed by atoms with E-state index in [1.165, 1.54) is 5.56 Å². The van der Waals surface area contributed by atoms with E-state index >= 15 is 0 Å². The zero-order valence-corrected chi connectivity index (χ0v) is 14.6. The monoisotopic (exact) mass is 337 g/mol. The molecule has 2 heterocycles. The maximum absolute atomic E-state index is 5.95. The largest absolute Gasteiger partial charge is 0.457 e. The fraction of sp³-hybridized carbons (Fsp3) is 0.350. The van der Waals surface area contributed by atoms with Crippen LogP contribution in [0.25, 0.3) is 11.0 Å². The molecule has 3 aromatic rings. The van der Waals surface area contributed by atoms with Crippen LogP contribution in [0.2, 0.25) is 0 Å². The summed E-state index contributed by atoms with van der Waals surface area (Å²) < 4.78 is 11.7. The number of aromatic amines is 1. The van der Waals surface area contributed by atoms with Gasteiger partial charge in [0.2, 0.25) is 0 Å². The normalized spacial score (nSPS) is 21.5. The van der Waals surface area contributed by atoms with Gasteiger partial charge in [-0.25, -0.2) is 4.98 Å². The van der Waals surface area contributed by atoms with Crippen LogP contribution in [0.5, 0.6) is 11.5 Å². The zero-order valence-electron chi connectivity index (χ0n) is 14.6. The lowest BCUT2D eigenvalue weighted by Gasteiger charge is -2.35. The Bertz CT molecular complexity index is 834. The highest BCUT2D eigenvalue weighted by atomic mass is 16.5. The quantitative estimate of drug-likeness (QED) is 0.783. The van der Waals surface area contributed by atoms with Gasteiger partial charge in [0.25, 0.3) is 0 Å². The number of nitrogens with one attached hydrogen (secondary N) is 1. The molecule has 0 bridgehead atoms. The lowest BCUT2D eigenvalue weighted by molar-refractivity contribution is -0.0704. The second kappa shape index (κ2) is 6.86. The summed E-state index contributed by atoms with van der Waals surface area (Å²) in [5, 5.41) is 0. The Morgan fingerprint density at radius 3 is 2.56 bits per heavy atom. The highest BCUT2D eigenvalue weighted by Gasteiger charge is 2.21. The minimum absolute atomic E-state index is 0.295. The van der Waals surface area contributed by atoms with E-state index in [-0.39, 0.29) is 0 Å². The van der Waals surface area contributed by atoms with E-state index < -0.39 is 0 Å². The van der Waals surface area contributed by atoms with E-state index in [9.17, 15) is 0 Å². The van der Waals surface area contributed by atoms with E-state index in [4.69, 9.17) is 9.47 Å². The summed E-state index contributed by atoms with van der Waals surface area (Å²) in [5.41, 5.74) is 3.21. The Hall–Kier alpha value is -2.37. The third-order valence-corrected chi connectivity index (χ3v) is 4.45. The molecule has 0 aliphatic carbocycles. The van der Waals surface area contributed by atoms with Crippen molar-refractivity contribution in [3.8, 4) is 11.5 Å². The molecular formula is C20H23N3O2. The summed E-state index contributed by atoms with van der Waals surface area (Å²) in [6, 6.07) is 14.2. The molecule has 1 saturated heterocycles. The molecule has 5 nitrogen and oxygen atoms in total. The summed E-state index contributed by atoms with van der Waals surface area (Å²) in [4.78, 5) is 9.77. The summed E-state index contributed by atoms with van der Waals surface area (Å²) in [7, 11) is 0. The number of fused-ring (bicyclic) bond motifs is 1. The van der Waals surface area contributed by atoms with Gasteiger partial charge in [0.05, 0.1) is 29.6 Å². The number of hydrogen-bond donors (Lipinski definition) is 1. The van der Waals surface area contributed by atoms with Crippen molar-refractivity contribution in [2.75, 3.05) is 13.1 Å². The van der Waals surface area contributed by atoms with Crippen LogP contribution >= 0.6 is 0 Å². The summed E-state index contributed by atoms with van der Waals surface area (Å²) in [5.74, 6) is 1.65. The first kappa shape index (κ1) is 16.1. The Morgan fingerprint density at radius 2 is 1.80 bits per heavy atom. The van der Waals surface area contributed by atoms with E-state index in [2.05, 4.69) is 40.8 Å². The average Bonchev–Trinajstić information content (AvgIpc) is 3.03. The van der Waals surface area contributed by atoms with Gasteiger partial charge >= 0.3 is 0 Å². The Balaban J connectivity index is 1.41.